The average Bonchev–Trinajstić information content (AvgIpc) is 2.46. The van der Waals surface area contributed by atoms with Crippen LogP contribution >= 0.6 is 0 Å². The van der Waals surface area contributed by atoms with E-state index in [1.807, 2.05) is 6.92 Å². The second kappa shape index (κ2) is 4.60. The molecule has 104 valence electrons. The van der Waals surface area contributed by atoms with Gasteiger partial charge in [0.15, 0.2) is 5.78 Å². The van der Waals surface area contributed by atoms with Crippen molar-refractivity contribution in [3.8, 4) is 0 Å². The molecule has 2 aliphatic rings. The van der Waals surface area contributed by atoms with Crippen molar-refractivity contribution in [3.05, 3.63) is 23.3 Å². The summed E-state index contributed by atoms with van der Waals surface area (Å²) in [6, 6.07) is 0. The number of aliphatic carboxylic acids is 1. The highest BCUT2D eigenvalue weighted by Gasteiger charge is 2.44. The lowest BCUT2D eigenvalue weighted by Crippen LogP contribution is -2.26. The minimum absolute atomic E-state index is 0.00841. The standard InChI is InChI=1S/C15H20O4/c1-8-4-5-10(9(2)14(17)18)6-11-13(8)12(16)7-15(11,3)19/h8,10,19H,2,4-7H2,1,3H3,(H,17,18)/t8-,10+,15+/m0/s1. The number of carboxylic acids is 1. The molecule has 0 aromatic rings. The van der Waals surface area contributed by atoms with Gasteiger partial charge in [0.1, 0.15) is 0 Å². The first-order chi connectivity index (χ1) is 8.74. The molecule has 2 N–H and O–H groups in total. The van der Waals surface area contributed by atoms with E-state index in [9.17, 15) is 14.7 Å². The molecule has 0 saturated carbocycles. The van der Waals surface area contributed by atoms with Crippen LogP contribution in [0.1, 0.15) is 39.5 Å². The first kappa shape index (κ1) is 14.0. The quantitative estimate of drug-likeness (QED) is 0.749. The van der Waals surface area contributed by atoms with Crippen LogP contribution in [0.5, 0.6) is 0 Å². The van der Waals surface area contributed by atoms with E-state index in [-0.39, 0.29) is 29.6 Å². The Labute approximate surface area is 112 Å². The highest BCUT2D eigenvalue weighted by Crippen LogP contribution is 2.45. The predicted octanol–water partition coefficient (Wildman–Crippen LogP) is 2.08. The molecule has 4 nitrogen and oxygen atoms in total. The summed E-state index contributed by atoms with van der Waals surface area (Å²) < 4.78 is 0. The molecule has 0 amide bonds. The van der Waals surface area contributed by atoms with Gasteiger partial charge in [0.25, 0.3) is 0 Å². The van der Waals surface area contributed by atoms with Crippen LogP contribution in [0.25, 0.3) is 0 Å². The summed E-state index contributed by atoms with van der Waals surface area (Å²) in [6.45, 7) is 7.25. The smallest absolute Gasteiger partial charge is 0.331 e. The minimum atomic E-state index is -1.12. The van der Waals surface area contributed by atoms with Gasteiger partial charge >= 0.3 is 5.97 Å². The normalized spacial score (nSPS) is 35.0. The van der Waals surface area contributed by atoms with E-state index in [0.717, 1.165) is 17.6 Å². The summed E-state index contributed by atoms with van der Waals surface area (Å²) in [5, 5.41) is 19.5. The molecular weight excluding hydrogens is 244 g/mol. The Kier molecular flexibility index (Phi) is 3.39. The zero-order valence-corrected chi connectivity index (χ0v) is 11.4. The van der Waals surface area contributed by atoms with E-state index in [1.54, 1.807) is 6.92 Å². The van der Waals surface area contributed by atoms with Gasteiger partial charge in [-0.3, -0.25) is 4.79 Å². The lowest BCUT2D eigenvalue weighted by Gasteiger charge is -2.24. The fourth-order valence-electron chi connectivity index (χ4n) is 3.29. The Morgan fingerprint density at radius 1 is 1.42 bits per heavy atom. The Morgan fingerprint density at radius 3 is 2.63 bits per heavy atom. The molecule has 0 radical (unpaired) electrons. The number of ketones is 1. The average molecular weight is 264 g/mol. The van der Waals surface area contributed by atoms with Gasteiger partial charge in [-0.25, -0.2) is 4.79 Å². The van der Waals surface area contributed by atoms with Crippen molar-refractivity contribution in [2.45, 2.75) is 45.1 Å². The zero-order chi connectivity index (χ0) is 14.4. The molecule has 0 bridgehead atoms. The molecule has 3 atom stereocenters. The molecule has 0 fully saturated rings. The highest BCUT2D eigenvalue weighted by molar-refractivity contribution is 6.01. The molecule has 4 heteroatoms. The second-order valence-corrected chi connectivity index (χ2v) is 5.98. The lowest BCUT2D eigenvalue weighted by molar-refractivity contribution is -0.133. The molecule has 0 unspecified atom stereocenters. The van der Waals surface area contributed by atoms with Crippen LogP contribution in [-0.2, 0) is 9.59 Å². The fraction of sp³-hybridized carbons (Fsp3) is 0.600. The third-order valence-electron chi connectivity index (χ3n) is 4.44. The van der Waals surface area contributed by atoms with Gasteiger partial charge in [-0.2, -0.15) is 0 Å². The first-order valence-corrected chi connectivity index (χ1v) is 6.65. The molecule has 0 aromatic carbocycles. The Morgan fingerprint density at radius 2 is 2.05 bits per heavy atom. The van der Waals surface area contributed by atoms with E-state index in [1.165, 1.54) is 0 Å². The van der Waals surface area contributed by atoms with E-state index < -0.39 is 11.6 Å². The monoisotopic (exact) mass is 264 g/mol. The topological polar surface area (TPSA) is 74.6 Å². The van der Waals surface area contributed by atoms with Crippen molar-refractivity contribution in [1.29, 1.82) is 0 Å². The predicted molar refractivity (Wildman–Crippen MR) is 70.6 cm³/mol. The number of carboxylic acid groups (broad SMARTS) is 1. The molecule has 0 heterocycles. The molecule has 2 rings (SSSR count). The first-order valence-electron chi connectivity index (χ1n) is 6.65. The Balaban J connectivity index is 2.38. The molecule has 2 aliphatic carbocycles. The summed E-state index contributed by atoms with van der Waals surface area (Å²) in [7, 11) is 0. The number of hydrogen-bond acceptors (Lipinski definition) is 3. The van der Waals surface area contributed by atoms with E-state index >= 15 is 0 Å². The molecule has 0 saturated heterocycles. The van der Waals surface area contributed by atoms with Crippen LogP contribution in [0.2, 0.25) is 0 Å². The van der Waals surface area contributed by atoms with Gasteiger partial charge in [-0.15, -0.1) is 0 Å². The summed E-state index contributed by atoms with van der Waals surface area (Å²) >= 11 is 0. The summed E-state index contributed by atoms with van der Waals surface area (Å²) in [5.41, 5.74) is 0.513. The Bertz CT molecular complexity index is 484. The van der Waals surface area contributed by atoms with Gasteiger partial charge in [0.2, 0.25) is 0 Å². The van der Waals surface area contributed by atoms with Gasteiger partial charge in [0.05, 0.1) is 5.60 Å². The summed E-state index contributed by atoms with van der Waals surface area (Å²) in [6.07, 6.45) is 2.01. The van der Waals surface area contributed by atoms with Crippen LogP contribution in [0.4, 0.5) is 0 Å². The molecule has 0 aromatic heterocycles. The number of hydrogen-bond donors (Lipinski definition) is 2. The number of allylic oxidation sites excluding steroid dienone is 1. The number of carbonyl (C=O) groups is 2. The summed E-state index contributed by atoms with van der Waals surface area (Å²) in [4.78, 5) is 23.1. The van der Waals surface area contributed by atoms with Gasteiger partial charge in [0, 0.05) is 17.6 Å². The van der Waals surface area contributed by atoms with Gasteiger partial charge in [-0.1, -0.05) is 13.5 Å². The summed E-state index contributed by atoms with van der Waals surface area (Å²) in [5.74, 6) is -1.09. The van der Waals surface area contributed by atoms with Crippen LogP contribution in [0, 0.1) is 11.8 Å². The number of Topliss-reactive ketones (excluding diaryl/α,β-unsaturated/α-hetero) is 1. The van der Waals surface area contributed by atoms with Crippen molar-refractivity contribution in [1.82, 2.24) is 0 Å². The van der Waals surface area contributed by atoms with Gasteiger partial charge < -0.3 is 10.2 Å². The van der Waals surface area contributed by atoms with Crippen LogP contribution in [-0.4, -0.2) is 27.6 Å². The van der Waals surface area contributed by atoms with Crippen LogP contribution < -0.4 is 0 Å². The zero-order valence-electron chi connectivity index (χ0n) is 11.4. The van der Waals surface area contributed by atoms with E-state index in [4.69, 9.17) is 5.11 Å². The van der Waals surface area contributed by atoms with E-state index in [0.29, 0.717) is 12.8 Å². The molecule has 0 spiro atoms. The SMILES string of the molecule is C=C(C(=O)O)[C@@H]1CC[C@H](C)C2=C(C1)[C@](C)(O)CC2=O. The molecule has 19 heavy (non-hydrogen) atoms. The third-order valence-corrected chi connectivity index (χ3v) is 4.44. The third kappa shape index (κ3) is 2.37. The molecule has 0 aliphatic heterocycles. The van der Waals surface area contributed by atoms with Crippen molar-refractivity contribution in [2.75, 3.05) is 0 Å². The molecular formula is C15H20O4. The maximum absolute atomic E-state index is 12.0. The maximum atomic E-state index is 12.0. The number of aliphatic hydroxyl groups is 1. The largest absolute Gasteiger partial charge is 0.478 e. The number of rotatable bonds is 2. The van der Waals surface area contributed by atoms with Crippen molar-refractivity contribution in [3.63, 3.8) is 0 Å². The van der Waals surface area contributed by atoms with Crippen LogP contribution in [0.15, 0.2) is 23.3 Å². The van der Waals surface area contributed by atoms with Crippen LogP contribution in [0.3, 0.4) is 0 Å². The Hall–Kier alpha value is -1.42. The van der Waals surface area contributed by atoms with Crippen molar-refractivity contribution >= 4 is 11.8 Å². The lowest BCUT2D eigenvalue weighted by atomic mass is 9.85. The fourth-order valence-corrected chi connectivity index (χ4v) is 3.29. The second-order valence-electron chi connectivity index (χ2n) is 5.98. The number of carbonyl (C=O) groups excluding carboxylic acids is 1. The van der Waals surface area contributed by atoms with Crippen molar-refractivity contribution < 1.29 is 19.8 Å². The maximum Gasteiger partial charge on any atom is 0.331 e. The van der Waals surface area contributed by atoms with E-state index in [2.05, 4.69) is 6.58 Å². The van der Waals surface area contributed by atoms with Crippen molar-refractivity contribution in [2.24, 2.45) is 11.8 Å². The van der Waals surface area contributed by atoms with Gasteiger partial charge in [-0.05, 0) is 43.6 Å². The minimum Gasteiger partial charge on any atom is -0.478 e. The highest BCUT2D eigenvalue weighted by atomic mass is 16.4.